The molecule has 0 radical (unpaired) electrons. The van der Waals surface area contributed by atoms with E-state index < -0.39 is 17.6 Å². The second kappa shape index (κ2) is 10.3. The van der Waals surface area contributed by atoms with E-state index in [1.54, 1.807) is 21.9 Å². The Bertz CT molecular complexity index is 1560. The Morgan fingerprint density at radius 1 is 0.949 bits per heavy atom. The van der Waals surface area contributed by atoms with E-state index >= 15 is 0 Å². The number of rotatable bonds is 5. The van der Waals surface area contributed by atoms with Gasteiger partial charge in [-0.05, 0) is 48.4 Å². The van der Waals surface area contributed by atoms with Gasteiger partial charge in [0.2, 0.25) is 6.41 Å². The SMILES string of the molecule is CC1CN(C(=O)c2coc3ccccc23)CCN1C(=O)c1cc(-c2cccc(C(F)(F)F)c2)ccc1NC=O. The Morgan fingerprint density at radius 3 is 2.46 bits per heavy atom. The number of anilines is 1. The van der Waals surface area contributed by atoms with Crippen LogP contribution >= 0.6 is 0 Å². The summed E-state index contributed by atoms with van der Waals surface area (Å²) in [4.78, 5) is 41.4. The number of carbonyl (C=O) groups excluding carboxylic acids is 3. The third-order valence-corrected chi connectivity index (χ3v) is 6.87. The molecule has 1 aliphatic rings. The fourth-order valence-electron chi connectivity index (χ4n) is 4.88. The van der Waals surface area contributed by atoms with Gasteiger partial charge in [-0.1, -0.05) is 36.4 Å². The average molecular weight is 536 g/mol. The molecule has 1 aromatic heterocycles. The number of hydrogen-bond donors (Lipinski definition) is 1. The van der Waals surface area contributed by atoms with Gasteiger partial charge in [0.1, 0.15) is 11.8 Å². The first-order valence-corrected chi connectivity index (χ1v) is 12.3. The number of benzene rings is 3. The van der Waals surface area contributed by atoms with Crippen molar-refractivity contribution in [3.63, 3.8) is 0 Å². The molecule has 4 aromatic rings. The standard InChI is InChI=1S/C29H24F3N3O4/c1-18-15-34(27(37)24-16-39-26-8-3-2-7-22(24)26)11-12-35(18)28(38)23-14-20(9-10-25(23)33-17-36)19-5-4-6-21(13-19)29(30,31)32/h2-10,13-14,16-18H,11-12,15H2,1H3,(H,33,36). The first kappa shape index (κ1) is 26.0. The number of furan rings is 1. The summed E-state index contributed by atoms with van der Waals surface area (Å²) >= 11 is 0. The largest absolute Gasteiger partial charge is 0.463 e. The van der Waals surface area contributed by atoms with Crippen molar-refractivity contribution in [2.75, 3.05) is 25.0 Å². The van der Waals surface area contributed by atoms with Gasteiger partial charge in [-0.3, -0.25) is 14.4 Å². The van der Waals surface area contributed by atoms with Gasteiger partial charge in [-0.2, -0.15) is 13.2 Å². The zero-order valence-electron chi connectivity index (χ0n) is 20.9. The number of fused-ring (bicyclic) bond motifs is 1. The van der Waals surface area contributed by atoms with E-state index in [1.165, 1.54) is 30.5 Å². The minimum absolute atomic E-state index is 0.143. The second-order valence-corrected chi connectivity index (χ2v) is 9.35. The highest BCUT2D eigenvalue weighted by Gasteiger charge is 2.33. The summed E-state index contributed by atoms with van der Waals surface area (Å²) in [6, 6.07) is 16.2. The Balaban J connectivity index is 1.39. The molecule has 10 heteroatoms. The van der Waals surface area contributed by atoms with Gasteiger partial charge in [-0.25, -0.2) is 0 Å². The molecule has 5 rings (SSSR count). The van der Waals surface area contributed by atoms with Crippen molar-refractivity contribution in [3.05, 3.63) is 89.7 Å². The third-order valence-electron chi connectivity index (χ3n) is 6.87. The molecular formula is C29H24F3N3O4. The third kappa shape index (κ3) is 5.09. The molecule has 3 amide bonds. The first-order chi connectivity index (χ1) is 18.7. The summed E-state index contributed by atoms with van der Waals surface area (Å²) in [5.74, 6) is -0.602. The van der Waals surface area contributed by atoms with E-state index in [-0.39, 0.29) is 48.4 Å². The minimum atomic E-state index is -4.51. The van der Waals surface area contributed by atoms with Crippen molar-refractivity contribution in [2.24, 2.45) is 0 Å². The van der Waals surface area contributed by atoms with Crippen LogP contribution in [0.5, 0.6) is 0 Å². The van der Waals surface area contributed by atoms with Gasteiger partial charge >= 0.3 is 6.18 Å². The Hall–Kier alpha value is -4.60. The van der Waals surface area contributed by atoms with Gasteiger partial charge in [0.25, 0.3) is 11.8 Å². The highest BCUT2D eigenvalue weighted by molar-refractivity contribution is 6.06. The van der Waals surface area contributed by atoms with Crippen molar-refractivity contribution in [2.45, 2.75) is 19.1 Å². The average Bonchev–Trinajstić information content (AvgIpc) is 3.36. The number of carbonyl (C=O) groups is 3. The molecule has 0 bridgehead atoms. The van der Waals surface area contributed by atoms with Gasteiger partial charge < -0.3 is 19.5 Å². The topological polar surface area (TPSA) is 82.9 Å². The zero-order valence-corrected chi connectivity index (χ0v) is 20.9. The van der Waals surface area contributed by atoms with Gasteiger partial charge in [0.05, 0.1) is 22.4 Å². The van der Waals surface area contributed by atoms with Crippen molar-refractivity contribution in [1.82, 2.24) is 9.80 Å². The van der Waals surface area contributed by atoms with Gasteiger partial charge in [0.15, 0.2) is 0 Å². The lowest BCUT2D eigenvalue weighted by Gasteiger charge is -2.40. The molecule has 1 N–H and O–H groups in total. The number of para-hydroxylation sites is 1. The molecule has 200 valence electrons. The summed E-state index contributed by atoms with van der Waals surface area (Å²) < 4.78 is 45.3. The lowest BCUT2D eigenvalue weighted by Crippen LogP contribution is -2.55. The number of alkyl halides is 3. The molecule has 1 aliphatic heterocycles. The van der Waals surface area contributed by atoms with Crippen LogP contribution in [0.1, 0.15) is 33.2 Å². The van der Waals surface area contributed by atoms with Gasteiger partial charge in [0, 0.05) is 31.1 Å². The first-order valence-electron chi connectivity index (χ1n) is 12.3. The van der Waals surface area contributed by atoms with E-state index in [2.05, 4.69) is 5.32 Å². The van der Waals surface area contributed by atoms with Gasteiger partial charge in [-0.15, -0.1) is 0 Å². The van der Waals surface area contributed by atoms with Crippen LogP contribution in [0.4, 0.5) is 18.9 Å². The predicted molar refractivity (Wildman–Crippen MR) is 139 cm³/mol. The molecule has 39 heavy (non-hydrogen) atoms. The van der Waals surface area contributed by atoms with Crippen LogP contribution in [0.3, 0.4) is 0 Å². The van der Waals surface area contributed by atoms with E-state index in [4.69, 9.17) is 4.42 Å². The summed E-state index contributed by atoms with van der Waals surface area (Å²) in [6.45, 7) is 2.59. The molecule has 7 nitrogen and oxygen atoms in total. The van der Waals surface area contributed by atoms with Crippen molar-refractivity contribution >= 4 is 34.9 Å². The molecule has 2 heterocycles. The normalized spacial score (nSPS) is 15.8. The fourth-order valence-corrected chi connectivity index (χ4v) is 4.88. The number of amides is 3. The molecule has 1 fully saturated rings. The highest BCUT2D eigenvalue weighted by Crippen LogP contribution is 2.34. The zero-order chi connectivity index (χ0) is 27.7. The second-order valence-electron chi connectivity index (χ2n) is 9.35. The maximum Gasteiger partial charge on any atom is 0.416 e. The molecule has 0 spiro atoms. The molecule has 3 aromatic carbocycles. The monoisotopic (exact) mass is 535 g/mol. The predicted octanol–water partition coefficient (Wildman–Crippen LogP) is 5.67. The van der Waals surface area contributed by atoms with Crippen LogP contribution in [0, 0.1) is 0 Å². The number of nitrogens with one attached hydrogen (secondary N) is 1. The highest BCUT2D eigenvalue weighted by atomic mass is 19.4. The number of halogens is 3. The Labute approximate surface area is 221 Å². The van der Waals surface area contributed by atoms with E-state index in [0.29, 0.717) is 28.5 Å². The molecule has 1 atom stereocenters. The van der Waals surface area contributed by atoms with E-state index in [1.807, 2.05) is 25.1 Å². The van der Waals surface area contributed by atoms with Crippen LogP contribution in [-0.4, -0.2) is 53.7 Å². The Morgan fingerprint density at radius 2 is 1.72 bits per heavy atom. The van der Waals surface area contributed by atoms with Crippen LogP contribution in [-0.2, 0) is 11.0 Å². The lowest BCUT2D eigenvalue weighted by atomic mass is 9.98. The smallest absolute Gasteiger partial charge is 0.416 e. The molecule has 0 saturated carbocycles. The van der Waals surface area contributed by atoms with E-state index in [9.17, 15) is 27.6 Å². The molecule has 0 aliphatic carbocycles. The maximum absolute atomic E-state index is 13.7. The van der Waals surface area contributed by atoms with Crippen molar-refractivity contribution in [1.29, 1.82) is 0 Å². The number of piperazine rings is 1. The Kier molecular flexibility index (Phi) is 6.86. The number of hydrogen-bond acceptors (Lipinski definition) is 4. The minimum Gasteiger partial charge on any atom is -0.463 e. The molecule has 1 unspecified atom stereocenters. The van der Waals surface area contributed by atoms with E-state index in [0.717, 1.165) is 12.1 Å². The summed E-state index contributed by atoms with van der Waals surface area (Å²) in [5, 5.41) is 3.22. The number of nitrogens with zero attached hydrogens (tertiary/aromatic N) is 2. The summed E-state index contributed by atoms with van der Waals surface area (Å²) in [7, 11) is 0. The summed E-state index contributed by atoms with van der Waals surface area (Å²) in [6.07, 6.45) is -2.64. The van der Waals surface area contributed by atoms with Crippen LogP contribution in [0.2, 0.25) is 0 Å². The van der Waals surface area contributed by atoms with Crippen LogP contribution in [0.25, 0.3) is 22.1 Å². The van der Waals surface area contributed by atoms with Crippen LogP contribution < -0.4 is 5.32 Å². The maximum atomic E-state index is 13.7. The quantitative estimate of drug-likeness (QED) is 0.334. The molecule has 1 saturated heterocycles. The fraction of sp³-hybridized carbons (Fsp3) is 0.207. The summed E-state index contributed by atoms with van der Waals surface area (Å²) in [5.41, 5.74) is 1.32. The van der Waals surface area contributed by atoms with Crippen molar-refractivity contribution < 1.29 is 32.0 Å². The molecular weight excluding hydrogens is 511 g/mol. The van der Waals surface area contributed by atoms with Crippen molar-refractivity contribution in [3.8, 4) is 11.1 Å². The lowest BCUT2D eigenvalue weighted by molar-refractivity contribution is -0.137. The van der Waals surface area contributed by atoms with Crippen LogP contribution in [0.15, 0.2) is 77.4 Å².